The van der Waals surface area contributed by atoms with Crippen LogP contribution in [0.4, 0.5) is 18.0 Å². The number of alkyl halides is 2. The third kappa shape index (κ3) is 1.98. The average Bonchev–Trinajstić information content (AvgIpc) is 2.32. The highest BCUT2D eigenvalue weighted by Crippen LogP contribution is 2.30. The number of nitrogens with zero attached hydrogens (tertiary/aromatic N) is 2. The van der Waals surface area contributed by atoms with Crippen LogP contribution in [-0.4, -0.2) is 15.2 Å². The van der Waals surface area contributed by atoms with Gasteiger partial charge in [-0.15, -0.1) is 0 Å². The Morgan fingerprint density at radius 3 is 2.64 bits per heavy atom. The third-order valence-corrected chi connectivity index (χ3v) is 1.43. The zero-order chi connectivity index (χ0) is 10.9. The Morgan fingerprint density at radius 1 is 1.64 bits per heavy atom. The molecule has 0 spiro atoms. The minimum absolute atomic E-state index is 0.524. The quantitative estimate of drug-likeness (QED) is 0.729. The van der Waals surface area contributed by atoms with Crippen LogP contribution < -0.4 is 4.74 Å². The fraction of sp³-hybridized carbons (Fsp3) is 0.333. The molecular formula is C6H4ClF3N2O2. The second-order valence-corrected chi connectivity index (χ2v) is 2.58. The molecule has 4 nitrogen and oxygen atoms in total. The van der Waals surface area contributed by atoms with Crippen LogP contribution in [0.15, 0.2) is 0 Å². The molecule has 0 bridgehead atoms. The van der Waals surface area contributed by atoms with Crippen molar-refractivity contribution in [3.8, 4) is 5.75 Å². The van der Waals surface area contributed by atoms with Crippen molar-refractivity contribution < 1.29 is 22.7 Å². The van der Waals surface area contributed by atoms with Gasteiger partial charge in [0.25, 0.3) is 12.4 Å². The van der Waals surface area contributed by atoms with Crippen LogP contribution in [0.2, 0.25) is 0 Å². The van der Waals surface area contributed by atoms with Gasteiger partial charge in [-0.3, -0.25) is 0 Å². The minimum atomic E-state index is -3.04. The molecule has 1 heterocycles. The number of aryl methyl sites for hydroxylation is 1. The van der Waals surface area contributed by atoms with E-state index in [1.54, 1.807) is 0 Å². The van der Waals surface area contributed by atoms with E-state index in [1.807, 2.05) is 0 Å². The molecule has 78 valence electrons. The summed E-state index contributed by atoms with van der Waals surface area (Å²) >= 11 is 4.76. The Kier molecular flexibility index (Phi) is 3.00. The first kappa shape index (κ1) is 10.8. The summed E-state index contributed by atoms with van der Waals surface area (Å²) in [5.74, 6) is -2.13. The molecule has 1 aromatic heterocycles. The SMILES string of the molecule is Cn1nc(C(F)F)c(OC(=O)Cl)c1F. The van der Waals surface area contributed by atoms with Crippen molar-refractivity contribution in [3.63, 3.8) is 0 Å². The maximum atomic E-state index is 13.0. The number of carbonyl (C=O) groups is 1. The van der Waals surface area contributed by atoms with E-state index < -0.39 is 29.2 Å². The smallest absolute Gasteiger partial charge is 0.407 e. The van der Waals surface area contributed by atoms with Crippen LogP contribution in [0, 0.1) is 5.95 Å². The lowest BCUT2D eigenvalue weighted by molar-refractivity contribution is 0.141. The maximum Gasteiger partial charge on any atom is 0.409 e. The second kappa shape index (κ2) is 3.87. The van der Waals surface area contributed by atoms with Crippen molar-refractivity contribution in [2.45, 2.75) is 6.43 Å². The van der Waals surface area contributed by atoms with Gasteiger partial charge in [0, 0.05) is 18.6 Å². The molecule has 0 unspecified atom stereocenters. The van der Waals surface area contributed by atoms with Crippen molar-refractivity contribution in [2.75, 3.05) is 0 Å². The standard InChI is InChI=1S/C6H4ClF3N2O2/c1-12-5(10)3(14-6(7)13)2(11-12)4(8)9/h4H,1H3. The van der Waals surface area contributed by atoms with Crippen LogP contribution in [0.25, 0.3) is 0 Å². The van der Waals surface area contributed by atoms with Crippen LogP contribution in [0.3, 0.4) is 0 Å². The monoisotopic (exact) mass is 228 g/mol. The number of rotatable bonds is 2. The fourth-order valence-corrected chi connectivity index (χ4v) is 0.898. The molecule has 0 radical (unpaired) electrons. The lowest BCUT2D eigenvalue weighted by Gasteiger charge is -1.98. The Morgan fingerprint density at radius 2 is 2.21 bits per heavy atom. The van der Waals surface area contributed by atoms with Gasteiger partial charge in [-0.1, -0.05) is 0 Å². The summed E-state index contributed by atoms with van der Waals surface area (Å²) < 4.78 is 41.9. The van der Waals surface area contributed by atoms with E-state index in [9.17, 15) is 18.0 Å². The molecule has 0 saturated heterocycles. The summed E-state index contributed by atoms with van der Waals surface area (Å²) in [4.78, 5) is 10.2. The van der Waals surface area contributed by atoms with Crippen LogP contribution >= 0.6 is 11.6 Å². The van der Waals surface area contributed by atoms with Crippen LogP contribution in [0.1, 0.15) is 12.1 Å². The lowest BCUT2D eigenvalue weighted by Crippen LogP contribution is -2.00. The van der Waals surface area contributed by atoms with E-state index in [1.165, 1.54) is 0 Å². The van der Waals surface area contributed by atoms with Crippen molar-refractivity contribution in [1.82, 2.24) is 9.78 Å². The Labute approximate surface area is 81.2 Å². The number of hydrogen-bond donors (Lipinski definition) is 0. The van der Waals surface area contributed by atoms with Gasteiger partial charge in [0.2, 0.25) is 5.75 Å². The molecular weight excluding hydrogens is 225 g/mol. The van der Waals surface area contributed by atoms with Gasteiger partial charge >= 0.3 is 5.43 Å². The first-order valence-electron chi connectivity index (χ1n) is 3.31. The highest BCUT2D eigenvalue weighted by molar-refractivity contribution is 6.61. The molecule has 0 amide bonds. The van der Waals surface area contributed by atoms with Crippen LogP contribution in [-0.2, 0) is 7.05 Å². The zero-order valence-corrected chi connectivity index (χ0v) is 7.56. The average molecular weight is 229 g/mol. The van der Waals surface area contributed by atoms with Gasteiger partial charge in [0.1, 0.15) is 0 Å². The highest BCUT2D eigenvalue weighted by Gasteiger charge is 2.26. The molecule has 0 aliphatic heterocycles. The summed E-state index contributed by atoms with van der Waals surface area (Å²) in [6.45, 7) is 0. The minimum Gasteiger partial charge on any atom is -0.407 e. The molecule has 1 rings (SSSR count). The Bertz CT molecular complexity index is 366. The first-order valence-corrected chi connectivity index (χ1v) is 3.69. The number of ether oxygens (including phenoxy) is 1. The fourth-order valence-electron chi connectivity index (χ4n) is 0.821. The highest BCUT2D eigenvalue weighted by atomic mass is 35.5. The normalized spacial score (nSPS) is 10.7. The van der Waals surface area contributed by atoms with Gasteiger partial charge in [-0.25, -0.2) is 18.3 Å². The van der Waals surface area contributed by atoms with E-state index in [0.29, 0.717) is 4.68 Å². The number of hydrogen-bond acceptors (Lipinski definition) is 3. The summed E-state index contributed by atoms with van der Waals surface area (Å²) in [5.41, 5.74) is -2.36. The van der Waals surface area contributed by atoms with Crippen molar-refractivity contribution in [1.29, 1.82) is 0 Å². The third-order valence-electron chi connectivity index (χ3n) is 1.35. The number of carbonyl (C=O) groups excluding carboxylic acids is 1. The van der Waals surface area contributed by atoms with Gasteiger partial charge in [-0.2, -0.15) is 9.49 Å². The topological polar surface area (TPSA) is 44.1 Å². The zero-order valence-electron chi connectivity index (χ0n) is 6.80. The molecule has 0 aliphatic rings. The molecule has 14 heavy (non-hydrogen) atoms. The van der Waals surface area contributed by atoms with E-state index in [4.69, 9.17) is 11.6 Å². The van der Waals surface area contributed by atoms with Gasteiger partial charge < -0.3 is 4.74 Å². The summed E-state index contributed by atoms with van der Waals surface area (Å²) in [6, 6.07) is 0. The van der Waals surface area contributed by atoms with Crippen molar-refractivity contribution in [2.24, 2.45) is 7.05 Å². The lowest BCUT2D eigenvalue weighted by atomic mass is 10.4. The molecule has 0 aliphatic carbocycles. The molecule has 1 aromatic rings. The van der Waals surface area contributed by atoms with Gasteiger partial charge in [0.15, 0.2) is 5.69 Å². The van der Waals surface area contributed by atoms with Gasteiger partial charge in [-0.05, 0) is 0 Å². The predicted octanol–water partition coefficient (Wildman–Crippen LogP) is 2.23. The summed E-state index contributed by atoms with van der Waals surface area (Å²) in [7, 11) is 1.09. The molecule has 0 fully saturated rings. The van der Waals surface area contributed by atoms with E-state index in [0.717, 1.165) is 7.05 Å². The Hall–Kier alpha value is -1.24. The van der Waals surface area contributed by atoms with Gasteiger partial charge in [0.05, 0.1) is 0 Å². The second-order valence-electron chi connectivity index (χ2n) is 2.27. The number of halogens is 4. The van der Waals surface area contributed by atoms with E-state index in [-0.39, 0.29) is 0 Å². The molecule has 0 saturated carbocycles. The van der Waals surface area contributed by atoms with Crippen molar-refractivity contribution >= 4 is 17.0 Å². The molecule has 0 N–H and O–H groups in total. The van der Waals surface area contributed by atoms with E-state index >= 15 is 0 Å². The molecule has 0 aromatic carbocycles. The predicted molar refractivity (Wildman–Crippen MR) is 40.0 cm³/mol. The first-order chi connectivity index (χ1) is 6.43. The molecule has 0 atom stereocenters. The largest absolute Gasteiger partial charge is 0.409 e. The summed E-state index contributed by atoms with van der Waals surface area (Å²) in [5, 5.41) is 3.12. The molecule has 8 heteroatoms. The maximum absolute atomic E-state index is 13.0. The Balaban J connectivity index is 3.16. The number of aromatic nitrogens is 2. The summed E-state index contributed by atoms with van der Waals surface area (Å²) in [6.07, 6.45) is -3.04. The van der Waals surface area contributed by atoms with E-state index in [2.05, 4.69) is 9.84 Å². The van der Waals surface area contributed by atoms with Crippen LogP contribution in [0.5, 0.6) is 5.75 Å². The van der Waals surface area contributed by atoms with Crippen molar-refractivity contribution in [3.05, 3.63) is 11.6 Å².